The van der Waals surface area contributed by atoms with Crippen LogP contribution >= 0.6 is 19.4 Å². The first-order chi connectivity index (χ1) is 7.05. The van der Waals surface area contributed by atoms with Gasteiger partial charge in [0.15, 0.2) is 0 Å². The van der Waals surface area contributed by atoms with E-state index in [1.165, 1.54) is 0 Å². The molecule has 0 radical (unpaired) electrons. The minimum absolute atomic E-state index is 0.223. The SMILES string of the molecule is CCOP(=O)(OCC)C(CC)(SC)[Se]C. The van der Waals surface area contributed by atoms with Crippen LogP contribution in [0.3, 0.4) is 0 Å². The second-order valence-electron chi connectivity index (χ2n) is 2.81. The zero-order valence-electron chi connectivity index (χ0n) is 10.1. The van der Waals surface area contributed by atoms with Gasteiger partial charge >= 0.3 is 104 Å². The van der Waals surface area contributed by atoms with Crippen molar-refractivity contribution in [2.75, 3.05) is 19.5 Å². The van der Waals surface area contributed by atoms with E-state index in [4.69, 9.17) is 9.05 Å². The summed E-state index contributed by atoms with van der Waals surface area (Å²) in [6.45, 7) is 6.64. The molecule has 0 spiro atoms. The fourth-order valence-electron chi connectivity index (χ4n) is 1.36. The third kappa shape index (κ3) is 3.49. The minimum atomic E-state index is -2.97. The van der Waals surface area contributed by atoms with Crippen LogP contribution in [-0.2, 0) is 13.6 Å². The van der Waals surface area contributed by atoms with Gasteiger partial charge < -0.3 is 0 Å². The Morgan fingerprint density at radius 3 is 1.93 bits per heavy atom. The Bertz CT molecular complexity index is 203. The van der Waals surface area contributed by atoms with Crippen LogP contribution < -0.4 is 0 Å². The van der Waals surface area contributed by atoms with E-state index < -0.39 is 7.60 Å². The second kappa shape index (κ2) is 7.37. The van der Waals surface area contributed by atoms with Crippen molar-refractivity contribution < 1.29 is 13.6 Å². The van der Waals surface area contributed by atoms with Crippen LogP contribution in [0.2, 0.25) is 5.82 Å². The summed E-state index contributed by atoms with van der Waals surface area (Å²) in [4.78, 5) is 0. The van der Waals surface area contributed by atoms with Crippen molar-refractivity contribution in [3.63, 3.8) is 0 Å². The van der Waals surface area contributed by atoms with E-state index in [0.717, 1.165) is 6.42 Å². The summed E-state index contributed by atoms with van der Waals surface area (Å²) >= 11 is 1.84. The molecular weight excluding hydrogens is 298 g/mol. The van der Waals surface area contributed by atoms with E-state index in [9.17, 15) is 4.57 Å². The number of hydrogen-bond donors (Lipinski definition) is 0. The molecule has 0 rings (SSSR count). The normalized spacial score (nSPS) is 16.3. The quantitative estimate of drug-likeness (QED) is 0.507. The molecule has 0 fully saturated rings. The molecule has 0 aliphatic rings. The summed E-state index contributed by atoms with van der Waals surface area (Å²) in [6, 6.07) is 0. The molecule has 0 aromatic heterocycles. The molecule has 0 aromatic carbocycles. The van der Waals surface area contributed by atoms with Crippen molar-refractivity contribution in [3.05, 3.63) is 0 Å². The predicted octanol–water partition coefficient (Wildman–Crippen LogP) is 3.43. The Hall–Kier alpha value is 1.02. The van der Waals surface area contributed by atoms with Gasteiger partial charge in [0.1, 0.15) is 0 Å². The van der Waals surface area contributed by atoms with Crippen LogP contribution in [0, 0.1) is 0 Å². The summed E-state index contributed by atoms with van der Waals surface area (Å²) in [7, 11) is -2.97. The van der Waals surface area contributed by atoms with E-state index in [1.54, 1.807) is 11.8 Å². The Morgan fingerprint density at radius 1 is 1.27 bits per heavy atom. The van der Waals surface area contributed by atoms with Crippen LogP contribution in [0.25, 0.3) is 0 Å². The third-order valence-corrected chi connectivity index (χ3v) is 12.8. The first kappa shape index (κ1) is 16.0. The molecule has 0 saturated heterocycles. The Morgan fingerprint density at radius 2 is 1.73 bits per heavy atom. The fraction of sp³-hybridized carbons (Fsp3) is 1.00. The monoisotopic (exact) mass is 320 g/mol. The maximum atomic E-state index is 12.7. The van der Waals surface area contributed by atoms with Gasteiger partial charge in [0.2, 0.25) is 0 Å². The first-order valence-electron chi connectivity index (χ1n) is 5.05. The third-order valence-electron chi connectivity index (χ3n) is 2.10. The van der Waals surface area contributed by atoms with Crippen LogP contribution in [0.1, 0.15) is 27.2 Å². The fourth-order valence-corrected chi connectivity index (χ4v) is 8.51. The van der Waals surface area contributed by atoms with Gasteiger partial charge in [-0.05, 0) is 0 Å². The zero-order valence-corrected chi connectivity index (χ0v) is 13.5. The van der Waals surface area contributed by atoms with E-state index in [1.807, 2.05) is 27.0 Å². The van der Waals surface area contributed by atoms with Crippen molar-refractivity contribution >= 4 is 34.3 Å². The van der Waals surface area contributed by atoms with E-state index >= 15 is 0 Å². The number of rotatable bonds is 8. The van der Waals surface area contributed by atoms with E-state index in [2.05, 4.69) is 5.82 Å². The van der Waals surface area contributed by atoms with Gasteiger partial charge in [0, 0.05) is 0 Å². The number of thioether (sulfide) groups is 1. The summed E-state index contributed by atoms with van der Waals surface area (Å²) in [5, 5.41) is 0. The molecule has 0 aromatic rings. The topological polar surface area (TPSA) is 35.5 Å². The van der Waals surface area contributed by atoms with Crippen LogP contribution in [0.4, 0.5) is 0 Å². The van der Waals surface area contributed by atoms with Gasteiger partial charge in [-0.25, -0.2) is 0 Å². The van der Waals surface area contributed by atoms with Gasteiger partial charge in [-0.15, -0.1) is 0 Å². The Balaban J connectivity index is 5.07. The van der Waals surface area contributed by atoms with Gasteiger partial charge in [0.25, 0.3) is 0 Å². The predicted molar refractivity (Wildman–Crippen MR) is 69.0 cm³/mol. The average Bonchev–Trinajstić information content (AvgIpc) is 2.21. The molecule has 1 atom stereocenters. The Kier molecular flexibility index (Phi) is 7.87. The number of hydrogen-bond acceptors (Lipinski definition) is 4. The first-order valence-corrected chi connectivity index (χ1v) is 10.4. The van der Waals surface area contributed by atoms with Crippen molar-refractivity contribution in [3.8, 4) is 0 Å². The summed E-state index contributed by atoms with van der Waals surface area (Å²) in [5.41, 5.74) is 0. The van der Waals surface area contributed by atoms with Crippen LogP contribution in [0.15, 0.2) is 0 Å². The molecular formula is C9H21O3PSSe. The molecule has 0 aliphatic carbocycles. The zero-order chi connectivity index (χ0) is 11.9. The van der Waals surface area contributed by atoms with Gasteiger partial charge in [-0.3, -0.25) is 0 Å². The van der Waals surface area contributed by atoms with Crippen molar-refractivity contribution in [1.29, 1.82) is 0 Å². The molecule has 6 heteroatoms. The molecule has 3 nitrogen and oxygen atoms in total. The molecule has 0 saturated carbocycles. The van der Waals surface area contributed by atoms with Crippen molar-refractivity contribution in [2.24, 2.45) is 0 Å². The van der Waals surface area contributed by atoms with Crippen LogP contribution in [0.5, 0.6) is 0 Å². The molecule has 0 aliphatic heterocycles. The standard InChI is InChI=1S/C9H21O3PSSe/c1-6-9(14-4,15-5)13(10,11-7-2)12-8-3/h6-8H2,1-5H3. The molecule has 15 heavy (non-hydrogen) atoms. The molecule has 0 heterocycles. The molecule has 92 valence electrons. The van der Waals surface area contributed by atoms with Crippen LogP contribution in [-0.4, -0.2) is 37.8 Å². The van der Waals surface area contributed by atoms with Gasteiger partial charge in [0.05, 0.1) is 0 Å². The molecule has 1 unspecified atom stereocenters. The molecule has 0 bridgehead atoms. The Labute approximate surface area is 104 Å². The van der Waals surface area contributed by atoms with Crippen molar-refractivity contribution in [1.82, 2.24) is 0 Å². The second-order valence-corrected chi connectivity index (χ2v) is 10.1. The van der Waals surface area contributed by atoms with Gasteiger partial charge in [-0.1, -0.05) is 0 Å². The van der Waals surface area contributed by atoms with Crippen molar-refractivity contribution in [2.45, 2.75) is 36.4 Å². The molecule has 0 amide bonds. The van der Waals surface area contributed by atoms with E-state index in [0.29, 0.717) is 13.2 Å². The summed E-state index contributed by atoms with van der Waals surface area (Å²) in [5.74, 6) is 2.09. The van der Waals surface area contributed by atoms with E-state index in [-0.39, 0.29) is 18.3 Å². The summed E-state index contributed by atoms with van der Waals surface area (Å²) < 4.78 is 23.2. The van der Waals surface area contributed by atoms with Gasteiger partial charge in [-0.2, -0.15) is 0 Å². The molecule has 0 N–H and O–H groups in total. The average molecular weight is 319 g/mol. The summed E-state index contributed by atoms with van der Waals surface area (Å²) in [6.07, 6.45) is 2.81. The maximum absolute atomic E-state index is 12.7.